The van der Waals surface area contributed by atoms with Gasteiger partial charge in [-0.25, -0.2) is 14.4 Å². The first kappa shape index (κ1) is 18.4. The number of nitrogens with one attached hydrogen (secondary N) is 1. The maximum absolute atomic E-state index is 13.3. The van der Waals surface area contributed by atoms with Crippen LogP contribution in [-0.4, -0.2) is 27.2 Å². The minimum absolute atomic E-state index is 0.0530. The van der Waals surface area contributed by atoms with Crippen molar-refractivity contribution in [3.05, 3.63) is 41.8 Å². The van der Waals surface area contributed by atoms with Gasteiger partial charge in [0.05, 0.1) is 10.6 Å². The van der Waals surface area contributed by atoms with Crippen LogP contribution in [-0.2, 0) is 4.79 Å². The van der Waals surface area contributed by atoms with Crippen LogP contribution < -0.4 is 5.32 Å². The molecule has 4 rings (SSSR count). The molecule has 0 radical (unpaired) electrons. The molecule has 1 aromatic carbocycles. The predicted molar refractivity (Wildman–Crippen MR) is 109 cm³/mol. The Balaban J connectivity index is 1.60. The van der Waals surface area contributed by atoms with Gasteiger partial charge in [0.15, 0.2) is 0 Å². The number of aromatic nitrogens is 2. The summed E-state index contributed by atoms with van der Waals surface area (Å²) in [6, 6.07) is 6.73. The lowest BCUT2D eigenvalue weighted by Crippen LogP contribution is -2.37. The molecule has 0 bridgehead atoms. The standard InChI is InChI=1S/C20H20FN3OS2/c1-12(18(25)24-15-4-2-3-5-15)27-20-17-16(10-26-19(17)22-11-23-20)13-6-8-14(21)9-7-13/h6-12,15H,2-5H2,1H3,(H,24,25). The van der Waals surface area contributed by atoms with Crippen molar-refractivity contribution in [1.82, 2.24) is 15.3 Å². The molecule has 140 valence electrons. The Morgan fingerprint density at radius 2 is 2.00 bits per heavy atom. The molecule has 1 amide bonds. The molecule has 1 fully saturated rings. The molecular weight excluding hydrogens is 381 g/mol. The predicted octanol–water partition coefficient (Wildman–Crippen LogP) is 5.04. The summed E-state index contributed by atoms with van der Waals surface area (Å²) in [5.74, 6) is -0.210. The second-order valence-corrected chi connectivity index (χ2v) is 8.95. The van der Waals surface area contributed by atoms with Crippen molar-refractivity contribution < 1.29 is 9.18 Å². The molecule has 1 saturated carbocycles. The molecular formula is C20H20FN3OS2. The minimum atomic E-state index is -0.263. The maximum Gasteiger partial charge on any atom is 0.233 e. The number of carbonyl (C=O) groups is 1. The third kappa shape index (κ3) is 3.99. The van der Waals surface area contributed by atoms with Crippen LogP contribution in [0.2, 0.25) is 0 Å². The van der Waals surface area contributed by atoms with Crippen molar-refractivity contribution in [1.29, 1.82) is 0 Å². The van der Waals surface area contributed by atoms with Gasteiger partial charge in [-0.1, -0.05) is 36.7 Å². The Morgan fingerprint density at radius 1 is 1.26 bits per heavy atom. The highest BCUT2D eigenvalue weighted by atomic mass is 32.2. The molecule has 1 aliphatic carbocycles. The first-order chi connectivity index (χ1) is 13.1. The summed E-state index contributed by atoms with van der Waals surface area (Å²) in [5.41, 5.74) is 1.89. The van der Waals surface area contributed by atoms with Gasteiger partial charge in [0.1, 0.15) is 22.0 Å². The van der Waals surface area contributed by atoms with Crippen LogP contribution in [0, 0.1) is 5.82 Å². The van der Waals surface area contributed by atoms with Gasteiger partial charge in [0, 0.05) is 17.0 Å². The third-order valence-electron chi connectivity index (χ3n) is 4.85. The van der Waals surface area contributed by atoms with Gasteiger partial charge < -0.3 is 5.32 Å². The van der Waals surface area contributed by atoms with Gasteiger partial charge in [-0.2, -0.15) is 0 Å². The summed E-state index contributed by atoms with van der Waals surface area (Å²) in [6.45, 7) is 1.91. The van der Waals surface area contributed by atoms with Crippen molar-refractivity contribution in [2.45, 2.75) is 48.9 Å². The zero-order valence-corrected chi connectivity index (χ0v) is 16.6. The average Bonchev–Trinajstić information content (AvgIpc) is 3.32. The van der Waals surface area contributed by atoms with Crippen LogP contribution in [0.15, 0.2) is 41.0 Å². The molecule has 2 aromatic heterocycles. The number of hydrogen-bond acceptors (Lipinski definition) is 5. The van der Waals surface area contributed by atoms with Crippen molar-refractivity contribution in [3.8, 4) is 11.1 Å². The van der Waals surface area contributed by atoms with Crippen LogP contribution in [0.5, 0.6) is 0 Å². The summed E-state index contributed by atoms with van der Waals surface area (Å²) >= 11 is 2.98. The van der Waals surface area contributed by atoms with Gasteiger partial charge in [0.2, 0.25) is 5.91 Å². The van der Waals surface area contributed by atoms with E-state index in [1.54, 1.807) is 12.1 Å². The zero-order chi connectivity index (χ0) is 18.8. The van der Waals surface area contributed by atoms with Crippen LogP contribution in [0.3, 0.4) is 0 Å². The summed E-state index contributed by atoms with van der Waals surface area (Å²) < 4.78 is 13.3. The minimum Gasteiger partial charge on any atom is -0.352 e. The highest BCUT2D eigenvalue weighted by molar-refractivity contribution is 8.00. The van der Waals surface area contributed by atoms with E-state index in [0.29, 0.717) is 6.04 Å². The normalized spacial score (nSPS) is 15.9. The fourth-order valence-corrected chi connectivity index (χ4v) is 5.31. The van der Waals surface area contributed by atoms with Gasteiger partial charge in [-0.3, -0.25) is 4.79 Å². The van der Waals surface area contributed by atoms with E-state index in [-0.39, 0.29) is 17.0 Å². The molecule has 0 aliphatic heterocycles. The zero-order valence-electron chi connectivity index (χ0n) is 14.9. The molecule has 27 heavy (non-hydrogen) atoms. The Bertz CT molecular complexity index is 952. The number of fused-ring (bicyclic) bond motifs is 1. The lowest BCUT2D eigenvalue weighted by atomic mass is 10.1. The number of amides is 1. The fraction of sp³-hybridized carbons (Fsp3) is 0.350. The number of nitrogens with zero attached hydrogens (tertiary/aromatic N) is 2. The van der Waals surface area contributed by atoms with Crippen molar-refractivity contribution in [2.24, 2.45) is 0 Å². The number of rotatable bonds is 5. The quantitative estimate of drug-likeness (QED) is 0.481. The molecule has 3 aromatic rings. The van der Waals surface area contributed by atoms with Gasteiger partial charge in [0.25, 0.3) is 0 Å². The van der Waals surface area contributed by atoms with Crippen LogP contribution in [0.25, 0.3) is 21.3 Å². The van der Waals surface area contributed by atoms with E-state index in [4.69, 9.17) is 0 Å². The molecule has 0 saturated heterocycles. The Labute approximate surface area is 165 Å². The molecule has 1 N–H and O–H groups in total. The molecule has 1 aliphatic rings. The third-order valence-corrected chi connectivity index (χ3v) is 6.84. The van der Waals surface area contributed by atoms with E-state index in [9.17, 15) is 9.18 Å². The van der Waals surface area contributed by atoms with E-state index >= 15 is 0 Å². The number of hydrogen-bond donors (Lipinski definition) is 1. The summed E-state index contributed by atoms with van der Waals surface area (Å²) in [4.78, 5) is 22.2. The second kappa shape index (κ2) is 7.94. The highest BCUT2D eigenvalue weighted by Crippen LogP contribution is 2.39. The van der Waals surface area contributed by atoms with Crippen LogP contribution >= 0.6 is 23.1 Å². The van der Waals surface area contributed by atoms with Gasteiger partial charge in [-0.15, -0.1) is 11.3 Å². The largest absolute Gasteiger partial charge is 0.352 e. The van der Waals surface area contributed by atoms with Crippen molar-refractivity contribution in [3.63, 3.8) is 0 Å². The van der Waals surface area contributed by atoms with Crippen LogP contribution in [0.4, 0.5) is 4.39 Å². The highest BCUT2D eigenvalue weighted by Gasteiger charge is 2.23. The van der Waals surface area contributed by atoms with E-state index < -0.39 is 0 Å². The average molecular weight is 402 g/mol. The first-order valence-electron chi connectivity index (χ1n) is 9.07. The number of carbonyl (C=O) groups excluding carboxylic acids is 1. The molecule has 0 spiro atoms. The maximum atomic E-state index is 13.3. The van der Waals surface area contributed by atoms with E-state index in [1.807, 2.05) is 12.3 Å². The van der Waals surface area contributed by atoms with Gasteiger partial charge >= 0.3 is 0 Å². The summed E-state index contributed by atoms with van der Waals surface area (Å²) in [6.07, 6.45) is 6.06. The summed E-state index contributed by atoms with van der Waals surface area (Å²) in [5, 5.41) is 6.64. The molecule has 4 nitrogen and oxygen atoms in total. The number of halogens is 1. The van der Waals surface area contributed by atoms with E-state index in [2.05, 4.69) is 15.3 Å². The van der Waals surface area contributed by atoms with E-state index in [1.165, 1.54) is 54.4 Å². The monoisotopic (exact) mass is 401 g/mol. The van der Waals surface area contributed by atoms with Crippen molar-refractivity contribution >= 4 is 39.2 Å². The SMILES string of the molecule is CC(Sc1ncnc2scc(-c3ccc(F)cc3)c12)C(=O)NC1CCCC1. The lowest BCUT2D eigenvalue weighted by Gasteiger charge is -2.16. The molecule has 1 unspecified atom stereocenters. The second-order valence-electron chi connectivity index (χ2n) is 6.77. The number of thioether (sulfide) groups is 1. The van der Waals surface area contributed by atoms with E-state index in [0.717, 1.165) is 39.2 Å². The summed E-state index contributed by atoms with van der Waals surface area (Å²) in [7, 11) is 0. The Morgan fingerprint density at radius 3 is 2.74 bits per heavy atom. The van der Waals surface area contributed by atoms with Crippen LogP contribution in [0.1, 0.15) is 32.6 Å². The number of thiophene rings is 1. The first-order valence-corrected chi connectivity index (χ1v) is 10.8. The topological polar surface area (TPSA) is 54.9 Å². The lowest BCUT2D eigenvalue weighted by molar-refractivity contribution is -0.120. The Hall–Kier alpha value is -1.99. The molecule has 7 heteroatoms. The molecule has 1 atom stereocenters. The smallest absolute Gasteiger partial charge is 0.233 e. The Kier molecular flexibility index (Phi) is 5.41. The molecule has 2 heterocycles. The van der Waals surface area contributed by atoms with Gasteiger partial charge in [-0.05, 0) is 37.5 Å². The number of benzene rings is 1. The fourth-order valence-electron chi connectivity index (χ4n) is 3.39. The van der Waals surface area contributed by atoms with Crippen molar-refractivity contribution in [2.75, 3.05) is 0 Å².